The van der Waals surface area contributed by atoms with Gasteiger partial charge in [-0.2, -0.15) is 0 Å². The molecule has 0 aliphatic heterocycles. The Labute approximate surface area is 176 Å². The molecule has 0 aliphatic carbocycles. The van der Waals surface area contributed by atoms with Crippen molar-refractivity contribution in [1.29, 1.82) is 0 Å². The van der Waals surface area contributed by atoms with Gasteiger partial charge in [-0.3, -0.25) is 9.13 Å². The van der Waals surface area contributed by atoms with Gasteiger partial charge in [0.15, 0.2) is 0 Å². The number of aromatic carboxylic acids is 1. The zero-order valence-electron chi connectivity index (χ0n) is 15.0. The molecule has 0 saturated carbocycles. The van der Waals surface area contributed by atoms with Crippen LogP contribution in [-0.4, -0.2) is 20.6 Å². The van der Waals surface area contributed by atoms with Crippen molar-refractivity contribution in [2.45, 2.75) is 12.7 Å². The minimum absolute atomic E-state index is 0.120. The lowest BCUT2D eigenvalue weighted by atomic mass is 10.1. The van der Waals surface area contributed by atoms with Crippen LogP contribution in [0, 0.1) is 0 Å². The van der Waals surface area contributed by atoms with Crippen molar-refractivity contribution < 1.29 is 33.0 Å². The van der Waals surface area contributed by atoms with Crippen molar-refractivity contribution in [1.82, 2.24) is 9.55 Å². The standard InChI is InChI=1S/C18H14BrF2N2O6P/c19-15-7-11(1-2-14(15)10-30(27,28-20)29-21)9-23-16(8-22-18(23)26)12-3-5-13(6-4-12)17(24)25/h1-8H,9-10H2,(H,22,26)(H,24,25). The first-order chi connectivity index (χ1) is 14.3. The van der Waals surface area contributed by atoms with Crippen molar-refractivity contribution in [3.8, 4) is 11.3 Å². The number of hydrogen-bond acceptors (Lipinski definition) is 5. The molecule has 0 fully saturated rings. The lowest BCUT2D eigenvalue weighted by molar-refractivity contribution is -0.0881. The van der Waals surface area contributed by atoms with Crippen LogP contribution in [-0.2, 0) is 26.7 Å². The number of aromatic nitrogens is 2. The van der Waals surface area contributed by atoms with Crippen LogP contribution < -0.4 is 5.69 Å². The van der Waals surface area contributed by atoms with Gasteiger partial charge < -0.3 is 10.1 Å². The second-order valence-corrected chi connectivity index (χ2v) is 8.95. The molecule has 1 aromatic heterocycles. The molecule has 0 saturated heterocycles. The number of imidazole rings is 1. The fourth-order valence-electron chi connectivity index (χ4n) is 2.84. The molecule has 0 radical (unpaired) electrons. The molecule has 0 atom stereocenters. The van der Waals surface area contributed by atoms with E-state index in [1.807, 2.05) is 0 Å². The molecule has 0 spiro atoms. The second kappa shape index (κ2) is 9.05. The topological polar surface area (TPSA) is 111 Å². The fourth-order valence-corrected chi connectivity index (χ4v) is 4.44. The number of H-pyrrole nitrogens is 1. The Kier molecular flexibility index (Phi) is 6.67. The number of halogens is 3. The van der Waals surface area contributed by atoms with Gasteiger partial charge >= 0.3 is 19.3 Å². The maximum atomic E-state index is 12.3. The number of benzene rings is 2. The van der Waals surface area contributed by atoms with Crippen LogP contribution in [0.15, 0.2) is 57.9 Å². The van der Waals surface area contributed by atoms with E-state index >= 15 is 0 Å². The third-order valence-electron chi connectivity index (χ3n) is 4.33. The summed E-state index contributed by atoms with van der Waals surface area (Å²) in [5.41, 5.74) is 1.85. The molecule has 2 aromatic carbocycles. The van der Waals surface area contributed by atoms with Gasteiger partial charge in [-0.15, -0.1) is 9.46 Å². The van der Waals surface area contributed by atoms with E-state index in [1.165, 1.54) is 29.0 Å². The Morgan fingerprint density at radius 1 is 1.17 bits per heavy atom. The van der Waals surface area contributed by atoms with Crippen LogP contribution in [0.1, 0.15) is 21.5 Å². The number of aromatic amines is 1. The van der Waals surface area contributed by atoms with Crippen LogP contribution in [0.3, 0.4) is 0 Å². The van der Waals surface area contributed by atoms with Gasteiger partial charge in [-0.25, -0.2) is 9.59 Å². The number of carboxylic acid groups (broad SMARTS) is 1. The van der Waals surface area contributed by atoms with Gasteiger partial charge in [0, 0.05) is 10.7 Å². The lowest BCUT2D eigenvalue weighted by Crippen LogP contribution is -2.18. The highest BCUT2D eigenvalue weighted by Crippen LogP contribution is 2.52. The van der Waals surface area contributed by atoms with Crippen LogP contribution in [0.2, 0.25) is 0 Å². The van der Waals surface area contributed by atoms with Crippen molar-refractivity contribution in [2.75, 3.05) is 0 Å². The average Bonchev–Trinajstić information content (AvgIpc) is 3.10. The SMILES string of the molecule is O=C(O)c1ccc(-c2c[nH]c(=O)n2Cc2ccc(CP(=O)(OF)OF)c(Br)c2)cc1. The molecule has 0 bridgehead atoms. The fraction of sp³-hybridized carbons (Fsp3) is 0.111. The van der Waals surface area contributed by atoms with Crippen LogP contribution >= 0.6 is 23.5 Å². The average molecular weight is 503 g/mol. The van der Waals surface area contributed by atoms with Crippen molar-refractivity contribution in [2.24, 2.45) is 0 Å². The summed E-state index contributed by atoms with van der Waals surface area (Å²) in [6.45, 7) is 0.147. The zero-order chi connectivity index (χ0) is 21.9. The maximum absolute atomic E-state index is 12.3. The molecule has 30 heavy (non-hydrogen) atoms. The third kappa shape index (κ3) is 4.76. The molecule has 158 valence electrons. The summed E-state index contributed by atoms with van der Waals surface area (Å²) < 4.78 is 44.3. The number of carbonyl (C=O) groups is 1. The van der Waals surface area contributed by atoms with Gasteiger partial charge in [-0.1, -0.05) is 40.2 Å². The summed E-state index contributed by atoms with van der Waals surface area (Å²) in [6.07, 6.45) is 0.876. The van der Waals surface area contributed by atoms with Gasteiger partial charge in [0.2, 0.25) is 0 Å². The molecule has 0 aliphatic rings. The number of carboxylic acids is 1. The Bertz CT molecular complexity index is 1170. The van der Waals surface area contributed by atoms with E-state index in [4.69, 9.17) is 5.11 Å². The highest BCUT2D eigenvalue weighted by atomic mass is 79.9. The van der Waals surface area contributed by atoms with E-state index in [0.29, 0.717) is 21.3 Å². The van der Waals surface area contributed by atoms with Crippen LogP contribution in [0.25, 0.3) is 11.3 Å². The van der Waals surface area contributed by atoms with E-state index in [2.05, 4.69) is 30.4 Å². The molecular weight excluding hydrogens is 489 g/mol. The van der Waals surface area contributed by atoms with Gasteiger partial charge in [0.05, 0.1) is 24.0 Å². The van der Waals surface area contributed by atoms with Crippen molar-refractivity contribution in [3.63, 3.8) is 0 Å². The summed E-state index contributed by atoms with van der Waals surface area (Å²) in [7, 11) is -4.53. The molecule has 8 nitrogen and oxygen atoms in total. The molecular formula is C18H14BrF2N2O6P. The summed E-state index contributed by atoms with van der Waals surface area (Å²) in [5.74, 6) is -1.06. The van der Waals surface area contributed by atoms with Gasteiger partial charge in [0.1, 0.15) is 0 Å². The van der Waals surface area contributed by atoms with E-state index in [1.54, 1.807) is 24.3 Å². The highest BCUT2D eigenvalue weighted by Gasteiger charge is 2.29. The minimum atomic E-state index is -4.53. The Morgan fingerprint density at radius 2 is 1.83 bits per heavy atom. The predicted octanol–water partition coefficient (Wildman–Crippen LogP) is 4.85. The molecule has 0 unspecified atom stereocenters. The van der Waals surface area contributed by atoms with Crippen LogP contribution in [0.5, 0.6) is 0 Å². The molecule has 3 aromatic rings. The van der Waals surface area contributed by atoms with Crippen molar-refractivity contribution in [3.05, 3.63) is 80.3 Å². The molecule has 2 N–H and O–H groups in total. The van der Waals surface area contributed by atoms with Crippen LogP contribution in [0.4, 0.5) is 9.05 Å². The number of nitrogens with zero attached hydrogens (tertiary/aromatic N) is 1. The van der Waals surface area contributed by atoms with E-state index in [9.17, 15) is 23.2 Å². The monoisotopic (exact) mass is 502 g/mol. The first-order valence-electron chi connectivity index (χ1n) is 8.35. The van der Waals surface area contributed by atoms with Crippen molar-refractivity contribution >= 4 is 29.5 Å². The third-order valence-corrected chi connectivity index (χ3v) is 6.22. The van der Waals surface area contributed by atoms with Gasteiger partial charge in [-0.05, 0) is 43.9 Å². The molecule has 1 heterocycles. The van der Waals surface area contributed by atoms with E-state index in [0.717, 1.165) is 0 Å². The predicted molar refractivity (Wildman–Crippen MR) is 106 cm³/mol. The number of rotatable bonds is 8. The first kappa shape index (κ1) is 22.1. The second-order valence-electron chi connectivity index (χ2n) is 6.28. The summed E-state index contributed by atoms with van der Waals surface area (Å²) in [4.78, 5) is 25.9. The van der Waals surface area contributed by atoms with Gasteiger partial charge in [0.25, 0.3) is 0 Å². The maximum Gasteiger partial charge on any atom is 0.399 e. The quantitative estimate of drug-likeness (QED) is 0.426. The smallest absolute Gasteiger partial charge is 0.399 e. The Morgan fingerprint density at radius 3 is 2.40 bits per heavy atom. The summed E-state index contributed by atoms with van der Waals surface area (Å²) >= 11 is 3.24. The Balaban J connectivity index is 1.88. The first-order valence-corrected chi connectivity index (χ1v) is 10.9. The number of nitrogens with one attached hydrogen (secondary N) is 1. The molecule has 0 amide bonds. The summed E-state index contributed by atoms with van der Waals surface area (Å²) in [5, 5.41) is 9.01. The highest BCUT2D eigenvalue weighted by molar-refractivity contribution is 9.10. The molecule has 12 heteroatoms. The number of hydrogen-bond donors (Lipinski definition) is 2. The molecule has 3 rings (SSSR count). The largest absolute Gasteiger partial charge is 0.478 e. The lowest BCUT2D eigenvalue weighted by Gasteiger charge is -2.12. The normalized spacial score (nSPS) is 11.6. The minimum Gasteiger partial charge on any atom is -0.478 e. The Hall–Kier alpha value is -2.59. The van der Waals surface area contributed by atoms with E-state index < -0.39 is 19.7 Å². The summed E-state index contributed by atoms with van der Waals surface area (Å²) in [6, 6.07) is 10.7. The zero-order valence-corrected chi connectivity index (χ0v) is 17.5. The van der Waals surface area contributed by atoms with E-state index in [-0.39, 0.29) is 23.4 Å².